The minimum atomic E-state index is -0.223. The van der Waals surface area contributed by atoms with Gasteiger partial charge in [-0.2, -0.15) is 0 Å². The number of hydrogen-bond acceptors (Lipinski definition) is 6. The van der Waals surface area contributed by atoms with E-state index in [1.54, 1.807) is 24.5 Å². The zero-order valence-corrected chi connectivity index (χ0v) is 14.2. The van der Waals surface area contributed by atoms with Gasteiger partial charge in [-0.15, -0.1) is 0 Å². The number of methoxy groups -OCH3 is 2. The van der Waals surface area contributed by atoms with E-state index in [0.717, 1.165) is 5.56 Å². The van der Waals surface area contributed by atoms with Crippen LogP contribution in [0.3, 0.4) is 0 Å². The molecule has 3 heterocycles. The molecule has 3 aromatic heterocycles. The Morgan fingerprint density at radius 2 is 1.77 bits per heavy atom. The highest BCUT2D eigenvalue weighted by atomic mass is 16.5. The number of aromatic nitrogens is 1. The van der Waals surface area contributed by atoms with Gasteiger partial charge in [-0.3, -0.25) is 9.78 Å². The van der Waals surface area contributed by atoms with Crippen LogP contribution < -0.4 is 14.9 Å². The lowest BCUT2D eigenvalue weighted by atomic mass is 10.1. The molecule has 4 aromatic rings. The zero-order valence-electron chi connectivity index (χ0n) is 14.2. The van der Waals surface area contributed by atoms with Gasteiger partial charge in [-0.05, 0) is 29.8 Å². The lowest BCUT2D eigenvalue weighted by molar-refractivity contribution is 0.400. The second-order valence-electron chi connectivity index (χ2n) is 5.56. The third-order valence-corrected chi connectivity index (χ3v) is 4.07. The van der Waals surface area contributed by atoms with Crippen LogP contribution in [0.4, 0.5) is 0 Å². The van der Waals surface area contributed by atoms with Crippen LogP contribution in [0.1, 0.15) is 11.3 Å². The minimum absolute atomic E-state index is 0.223. The van der Waals surface area contributed by atoms with E-state index in [0.29, 0.717) is 33.6 Å². The average molecular weight is 349 g/mol. The third kappa shape index (κ3) is 2.52. The van der Waals surface area contributed by atoms with Crippen molar-refractivity contribution < 1.29 is 18.3 Å². The van der Waals surface area contributed by atoms with Crippen LogP contribution in [0.25, 0.3) is 34.1 Å². The van der Waals surface area contributed by atoms with Gasteiger partial charge in [0.25, 0.3) is 0 Å². The number of hydrogen-bond donors (Lipinski definition) is 0. The van der Waals surface area contributed by atoms with Crippen LogP contribution in [0.5, 0.6) is 11.5 Å². The number of pyridine rings is 1. The van der Waals surface area contributed by atoms with Crippen molar-refractivity contribution >= 4 is 34.1 Å². The Balaban J connectivity index is 1.98. The number of rotatable bonds is 4. The second kappa shape index (κ2) is 6.40. The van der Waals surface area contributed by atoms with Crippen LogP contribution in [-0.2, 0) is 0 Å². The molecule has 0 saturated carbocycles. The molecule has 0 aliphatic carbocycles. The molecule has 0 aliphatic heterocycles. The third-order valence-electron chi connectivity index (χ3n) is 4.07. The summed E-state index contributed by atoms with van der Waals surface area (Å²) in [6.07, 6.45) is 8.45. The van der Waals surface area contributed by atoms with Crippen LogP contribution in [0, 0.1) is 0 Å². The summed E-state index contributed by atoms with van der Waals surface area (Å²) >= 11 is 0. The van der Waals surface area contributed by atoms with Gasteiger partial charge in [0.15, 0.2) is 16.6 Å². The maximum absolute atomic E-state index is 12.8. The number of furan rings is 1. The summed E-state index contributed by atoms with van der Waals surface area (Å²) < 4.78 is 22.4. The molecule has 0 spiro atoms. The molecule has 1 aromatic carbocycles. The molecule has 6 heteroatoms. The Bertz CT molecular complexity index is 1170. The van der Waals surface area contributed by atoms with Crippen molar-refractivity contribution in [2.75, 3.05) is 14.2 Å². The quantitative estimate of drug-likeness (QED) is 0.552. The van der Waals surface area contributed by atoms with Gasteiger partial charge in [0, 0.05) is 18.5 Å². The van der Waals surface area contributed by atoms with E-state index >= 15 is 0 Å². The molecule has 6 nitrogen and oxygen atoms in total. The van der Waals surface area contributed by atoms with Gasteiger partial charge in [0.1, 0.15) is 16.9 Å². The van der Waals surface area contributed by atoms with E-state index in [4.69, 9.17) is 18.3 Å². The molecule has 0 amide bonds. The molecule has 0 radical (unpaired) electrons. The van der Waals surface area contributed by atoms with Gasteiger partial charge in [-0.1, -0.05) is 6.08 Å². The molecule has 0 saturated heterocycles. The van der Waals surface area contributed by atoms with Crippen LogP contribution in [0.2, 0.25) is 0 Å². The fourth-order valence-electron chi connectivity index (χ4n) is 2.92. The largest absolute Gasteiger partial charge is 0.495 e. The SMILES string of the molecule is COc1c2occc2c(OC)c2c(=O)cc(C=Cc3ccncc3)oc12. The van der Waals surface area contributed by atoms with Crippen LogP contribution in [-0.4, -0.2) is 19.2 Å². The Morgan fingerprint density at radius 3 is 2.50 bits per heavy atom. The number of fused-ring (bicyclic) bond motifs is 2. The first-order valence-electron chi connectivity index (χ1n) is 7.90. The van der Waals surface area contributed by atoms with Gasteiger partial charge in [0.05, 0.1) is 25.9 Å². The Kier molecular flexibility index (Phi) is 3.93. The van der Waals surface area contributed by atoms with E-state index in [2.05, 4.69) is 4.98 Å². The van der Waals surface area contributed by atoms with E-state index in [-0.39, 0.29) is 11.0 Å². The summed E-state index contributed by atoms with van der Waals surface area (Å²) in [4.78, 5) is 16.7. The first-order valence-corrected chi connectivity index (χ1v) is 7.90. The highest BCUT2D eigenvalue weighted by Crippen LogP contribution is 2.42. The van der Waals surface area contributed by atoms with E-state index < -0.39 is 0 Å². The van der Waals surface area contributed by atoms with E-state index in [1.807, 2.05) is 18.2 Å². The zero-order chi connectivity index (χ0) is 18.1. The average Bonchev–Trinajstić information content (AvgIpc) is 3.14. The van der Waals surface area contributed by atoms with Crippen molar-refractivity contribution in [3.63, 3.8) is 0 Å². The predicted octanol–water partition coefficient (Wildman–Crippen LogP) is 4.12. The smallest absolute Gasteiger partial charge is 0.206 e. The van der Waals surface area contributed by atoms with E-state index in [1.165, 1.54) is 26.5 Å². The van der Waals surface area contributed by atoms with Crippen molar-refractivity contribution in [2.24, 2.45) is 0 Å². The summed E-state index contributed by atoms with van der Waals surface area (Å²) in [5.41, 5.74) is 1.47. The van der Waals surface area contributed by atoms with Crippen molar-refractivity contribution in [2.45, 2.75) is 0 Å². The first-order chi connectivity index (χ1) is 12.7. The lowest BCUT2D eigenvalue weighted by Crippen LogP contribution is -2.04. The van der Waals surface area contributed by atoms with Crippen molar-refractivity contribution in [3.05, 3.63) is 64.5 Å². The van der Waals surface area contributed by atoms with Gasteiger partial charge >= 0.3 is 0 Å². The van der Waals surface area contributed by atoms with E-state index in [9.17, 15) is 4.79 Å². The Hall–Kier alpha value is -3.54. The topological polar surface area (TPSA) is 74.7 Å². The molecule has 26 heavy (non-hydrogen) atoms. The maximum atomic E-state index is 12.8. The van der Waals surface area contributed by atoms with Crippen LogP contribution >= 0.6 is 0 Å². The fraction of sp³-hybridized carbons (Fsp3) is 0.100. The Morgan fingerprint density at radius 1 is 1.00 bits per heavy atom. The standard InChI is InChI=1S/C20H15NO5/c1-23-17-14-7-10-25-18(14)20(24-2)19-16(17)15(22)11-13(26-19)4-3-12-5-8-21-9-6-12/h3-11H,1-2H3. The summed E-state index contributed by atoms with van der Waals surface area (Å²) in [6.45, 7) is 0. The summed E-state index contributed by atoms with van der Waals surface area (Å²) in [5, 5.41) is 0.975. The van der Waals surface area contributed by atoms with Crippen molar-refractivity contribution in [1.82, 2.24) is 4.98 Å². The van der Waals surface area contributed by atoms with Crippen molar-refractivity contribution in [1.29, 1.82) is 0 Å². The molecule has 130 valence electrons. The molecule has 0 N–H and O–H groups in total. The normalized spacial score (nSPS) is 11.5. The monoisotopic (exact) mass is 349 g/mol. The van der Waals surface area contributed by atoms with Crippen LogP contribution in [0.15, 0.2) is 56.6 Å². The highest BCUT2D eigenvalue weighted by Gasteiger charge is 2.22. The molecule has 0 bridgehead atoms. The number of nitrogens with zero attached hydrogens (tertiary/aromatic N) is 1. The van der Waals surface area contributed by atoms with Gasteiger partial charge in [0.2, 0.25) is 5.75 Å². The fourth-order valence-corrected chi connectivity index (χ4v) is 2.92. The summed E-state index contributed by atoms with van der Waals surface area (Å²) in [7, 11) is 3.01. The Labute approximate surface area is 148 Å². The minimum Gasteiger partial charge on any atom is -0.495 e. The summed E-state index contributed by atoms with van der Waals surface area (Å²) in [6, 6.07) is 6.86. The van der Waals surface area contributed by atoms with Crippen molar-refractivity contribution in [3.8, 4) is 11.5 Å². The number of benzene rings is 1. The van der Waals surface area contributed by atoms with Gasteiger partial charge < -0.3 is 18.3 Å². The molecule has 0 atom stereocenters. The van der Waals surface area contributed by atoms with Gasteiger partial charge in [-0.25, -0.2) is 0 Å². The molecule has 4 rings (SSSR count). The summed E-state index contributed by atoms with van der Waals surface area (Å²) in [5.74, 6) is 1.16. The molecule has 0 aliphatic rings. The molecule has 0 unspecified atom stereocenters. The first kappa shape index (κ1) is 16.0. The maximum Gasteiger partial charge on any atom is 0.206 e. The highest BCUT2D eigenvalue weighted by molar-refractivity contribution is 6.06. The predicted molar refractivity (Wildman–Crippen MR) is 98.5 cm³/mol. The molecular weight excluding hydrogens is 334 g/mol. The molecular formula is C20H15NO5. The second-order valence-corrected chi connectivity index (χ2v) is 5.56. The number of ether oxygens (including phenoxy) is 2. The lowest BCUT2D eigenvalue weighted by Gasteiger charge is -2.10. The molecule has 0 fully saturated rings.